The molecule has 2 aromatic carbocycles. The smallest absolute Gasteiger partial charge is 0.126 e. The van der Waals surface area contributed by atoms with Crippen molar-refractivity contribution in [2.45, 2.75) is 19.4 Å². The summed E-state index contributed by atoms with van der Waals surface area (Å²) in [5.74, 6) is -1.17. The second kappa shape index (κ2) is 7.34. The zero-order valence-electron chi connectivity index (χ0n) is 11.5. The highest BCUT2D eigenvalue weighted by atomic mass is 79.9. The molecule has 0 aromatic heterocycles. The zero-order chi connectivity index (χ0) is 15.4. The fourth-order valence-electron chi connectivity index (χ4n) is 2.17. The number of rotatable bonds is 5. The van der Waals surface area contributed by atoms with E-state index in [1.165, 1.54) is 12.1 Å². The van der Waals surface area contributed by atoms with Gasteiger partial charge in [0.1, 0.15) is 11.6 Å². The van der Waals surface area contributed by atoms with Crippen molar-refractivity contribution in [1.29, 1.82) is 0 Å². The second-order valence-electron chi connectivity index (χ2n) is 4.76. The van der Waals surface area contributed by atoms with Crippen molar-refractivity contribution in [2.24, 2.45) is 0 Å². The minimum atomic E-state index is -0.585. The van der Waals surface area contributed by atoms with Crippen LogP contribution in [0.3, 0.4) is 0 Å². The van der Waals surface area contributed by atoms with Crippen LogP contribution in [0, 0.1) is 11.6 Å². The molecule has 0 aliphatic heterocycles. The van der Waals surface area contributed by atoms with Gasteiger partial charge in [-0.05, 0) is 48.4 Å². The summed E-state index contributed by atoms with van der Waals surface area (Å²) in [7, 11) is 0. The first kappa shape index (κ1) is 16.4. The summed E-state index contributed by atoms with van der Waals surface area (Å²) in [6.07, 6.45) is 0.916. The maximum absolute atomic E-state index is 13.5. The molecule has 0 radical (unpaired) electrons. The van der Waals surface area contributed by atoms with Gasteiger partial charge in [-0.1, -0.05) is 40.5 Å². The van der Waals surface area contributed by atoms with Gasteiger partial charge >= 0.3 is 0 Å². The maximum Gasteiger partial charge on any atom is 0.126 e. The first-order chi connectivity index (χ1) is 10.0. The van der Waals surface area contributed by atoms with Gasteiger partial charge in [0.2, 0.25) is 0 Å². The molecule has 2 aromatic rings. The van der Waals surface area contributed by atoms with Gasteiger partial charge in [0, 0.05) is 15.6 Å². The SMILES string of the molecule is CCCNC(c1cc(F)cc(F)c1)c1ccc(Cl)cc1Br. The summed E-state index contributed by atoms with van der Waals surface area (Å²) >= 11 is 9.41. The summed E-state index contributed by atoms with van der Waals surface area (Å²) in [5, 5.41) is 3.91. The molecule has 0 saturated carbocycles. The van der Waals surface area contributed by atoms with Crippen LogP contribution in [0.15, 0.2) is 40.9 Å². The van der Waals surface area contributed by atoms with Crippen LogP contribution >= 0.6 is 27.5 Å². The Morgan fingerprint density at radius 1 is 1.14 bits per heavy atom. The standard InChI is InChI=1S/C16H15BrClF2N/c1-2-5-21-16(10-6-12(19)9-13(20)7-10)14-4-3-11(18)8-15(14)17/h3-4,6-9,16,21H,2,5H2,1H3. The minimum Gasteiger partial charge on any atom is -0.306 e. The van der Waals surface area contributed by atoms with Crippen LogP contribution in [0.1, 0.15) is 30.5 Å². The Bertz CT molecular complexity index is 613. The van der Waals surface area contributed by atoms with E-state index in [1.807, 2.05) is 13.0 Å². The molecule has 21 heavy (non-hydrogen) atoms. The molecule has 2 rings (SSSR count). The molecule has 0 amide bonds. The van der Waals surface area contributed by atoms with Crippen molar-refractivity contribution < 1.29 is 8.78 Å². The molecular weight excluding hydrogens is 360 g/mol. The van der Waals surface area contributed by atoms with E-state index in [4.69, 9.17) is 11.6 Å². The highest BCUT2D eigenvalue weighted by Gasteiger charge is 2.18. The number of halogens is 4. The van der Waals surface area contributed by atoms with Gasteiger partial charge in [-0.2, -0.15) is 0 Å². The van der Waals surface area contributed by atoms with Gasteiger partial charge in [-0.3, -0.25) is 0 Å². The van der Waals surface area contributed by atoms with Gasteiger partial charge < -0.3 is 5.32 Å². The molecular formula is C16H15BrClF2N. The van der Waals surface area contributed by atoms with Crippen LogP contribution in [0.25, 0.3) is 0 Å². The van der Waals surface area contributed by atoms with Crippen molar-refractivity contribution in [3.8, 4) is 0 Å². The Morgan fingerprint density at radius 2 is 1.81 bits per heavy atom. The van der Waals surface area contributed by atoms with E-state index in [0.29, 0.717) is 10.6 Å². The number of nitrogens with one attached hydrogen (secondary N) is 1. The van der Waals surface area contributed by atoms with E-state index < -0.39 is 11.6 Å². The Kier molecular flexibility index (Phi) is 5.73. The fourth-order valence-corrected chi connectivity index (χ4v) is 3.09. The quantitative estimate of drug-likeness (QED) is 0.732. The van der Waals surface area contributed by atoms with E-state index in [1.54, 1.807) is 12.1 Å². The lowest BCUT2D eigenvalue weighted by atomic mass is 9.98. The number of hydrogen-bond acceptors (Lipinski definition) is 1. The lowest BCUT2D eigenvalue weighted by Gasteiger charge is -2.21. The second-order valence-corrected chi connectivity index (χ2v) is 6.05. The Hall–Kier alpha value is -0.970. The van der Waals surface area contributed by atoms with Crippen LogP contribution in [0.4, 0.5) is 8.78 Å². The van der Waals surface area contributed by atoms with Crippen molar-refractivity contribution in [3.05, 3.63) is 68.7 Å². The van der Waals surface area contributed by atoms with E-state index in [-0.39, 0.29) is 6.04 Å². The molecule has 5 heteroatoms. The van der Waals surface area contributed by atoms with Gasteiger partial charge in [0.15, 0.2) is 0 Å². The molecule has 0 aliphatic rings. The predicted octanol–water partition coefficient (Wildman–Crippen LogP) is 5.47. The van der Waals surface area contributed by atoms with Crippen molar-refractivity contribution >= 4 is 27.5 Å². The van der Waals surface area contributed by atoms with E-state index in [0.717, 1.165) is 29.1 Å². The van der Waals surface area contributed by atoms with Gasteiger partial charge in [-0.25, -0.2) is 8.78 Å². The maximum atomic E-state index is 13.5. The Labute approximate surface area is 136 Å². The molecule has 0 fully saturated rings. The highest BCUT2D eigenvalue weighted by molar-refractivity contribution is 9.10. The average Bonchev–Trinajstić information content (AvgIpc) is 2.40. The largest absolute Gasteiger partial charge is 0.306 e. The van der Waals surface area contributed by atoms with E-state index in [2.05, 4.69) is 21.2 Å². The van der Waals surface area contributed by atoms with Crippen LogP contribution in [-0.2, 0) is 0 Å². The molecule has 0 aliphatic carbocycles. The lowest BCUT2D eigenvalue weighted by molar-refractivity contribution is 0.558. The van der Waals surface area contributed by atoms with Crippen LogP contribution in [-0.4, -0.2) is 6.54 Å². The van der Waals surface area contributed by atoms with E-state index >= 15 is 0 Å². The normalized spacial score (nSPS) is 12.4. The molecule has 0 spiro atoms. The van der Waals surface area contributed by atoms with Crippen molar-refractivity contribution in [3.63, 3.8) is 0 Å². The van der Waals surface area contributed by atoms with Crippen molar-refractivity contribution in [2.75, 3.05) is 6.54 Å². The van der Waals surface area contributed by atoms with Gasteiger partial charge in [-0.15, -0.1) is 0 Å². The molecule has 0 saturated heterocycles. The van der Waals surface area contributed by atoms with Crippen LogP contribution in [0.5, 0.6) is 0 Å². The first-order valence-electron chi connectivity index (χ1n) is 6.65. The summed E-state index contributed by atoms with van der Waals surface area (Å²) in [5.41, 5.74) is 1.43. The molecule has 112 valence electrons. The molecule has 0 heterocycles. The van der Waals surface area contributed by atoms with Crippen LogP contribution in [0.2, 0.25) is 5.02 Å². The monoisotopic (exact) mass is 373 g/mol. The number of hydrogen-bond donors (Lipinski definition) is 1. The molecule has 1 nitrogen and oxygen atoms in total. The summed E-state index contributed by atoms with van der Waals surface area (Å²) in [4.78, 5) is 0. The lowest BCUT2D eigenvalue weighted by Crippen LogP contribution is -2.23. The molecule has 0 bridgehead atoms. The topological polar surface area (TPSA) is 12.0 Å². The molecule has 1 unspecified atom stereocenters. The number of benzene rings is 2. The van der Waals surface area contributed by atoms with Gasteiger partial charge in [0.05, 0.1) is 6.04 Å². The third-order valence-corrected chi connectivity index (χ3v) is 4.01. The van der Waals surface area contributed by atoms with Crippen molar-refractivity contribution in [1.82, 2.24) is 5.32 Å². The third kappa shape index (κ3) is 4.25. The highest BCUT2D eigenvalue weighted by Crippen LogP contribution is 2.31. The Morgan fingerprint density at radius 3 is 2.38 bits per heavy atom. The summed E-state index contributed by atoms with van der Waals surface area (Å²) in [6.45, 7) is 2.77. The predicted molar refractivity (Wildman–Crippen MR) is 85.6 cm³/mol. The summed E-state index contributed by atoms with van der Waals surface area (Å²) in [6, 6.07) is 8.64. The third-order valence-electron chi connectivity index (χ3n) is 3.09. The van der Waals surface area contributed by atoms with Crippen LogP contribution < -0.4 is 5.32 Å². The first-order valence-corrected chi connectivity index (χ1v) is 7.82. The van der Waals surface area contributed by atoms with E-state index in [9.17, 15) is 8.78 Å². The fraction of sp³-hybridized carbons (Fsp3) is 0.250. The van der Waals surface area contributed by atoms with Gasteiger partial charge in [0.25, 0.3) is 0 Å². The summed E-state index contributed by atoms with van der Waals surface area (Å²) < 4.78 is 27.8. The minimum absolute atomic E-state index is 0.304. The Balaban J connectivity index is 2.46. The molecule has 1 atom stereocenters. The average molecular weight is 375 g/mol. The zero-order valence-corrected chi connectivity index (χ0v) is 13.8. The molecule has 1 N–H and O–H groups in total.